The van der Waals surface area contributed by atoms with Crippen molar-refractivity contribution in [3.63, 3.8) is 0 Å². The van der Waals surface area contributed by atoms with Crippen molar-refractivity contribution in [2.75, 3.05) is 25.0 Å². The molecule has 1 amide bonds. The van der Waals surface area contributed by atoms with Gasteiger partial charge in [-0.2, -0.15) is 0 Å². The van der Waals surface area contributed by atoms with Gasteiger partial charge in [0.25, 0.3) is 0 Å². The highest BCUT2D eigenvalue weighted by molar-refractivity contribution is 5.95. The first-order chi connectivity index (χ1) is 14.2. The summed E-state index contributed by atoms with van der Waals surface area (Å²) in [4.78, 5) is 14.6. The van der Waals surface area contributed by atoms with E-state index in [-0.39, 0.29) is 12.4 Å². The third kappa shape index (κ3) is 5.27. The maximum atomic E-state index is 12.0. The maximum Gasteiger partial charge on any atom is 0.411 e. The fraction of sp³-hybridized carbons (Fsp3) is 0.458. The van der Waals surface area contributed by atoms with Gasteiger partial charge in [-0.25, -0.2) is 4.79 Å². The molecule has 5 nitrogen and oxygen atoms in total. The summed E-state index contributed by atoms with van der Waals surface area (Å²) >= 11 is 0. The molecule has 0 spiro atoms. The van der Waals surface area contributed by atoms with Crippen LogP contribution >= 0.6 is 12.4 Å². The van der Waals surface area contributed by atoms with E-state index in [1.165, 1.54) is 37.8 Å². The van der Waals surface area contributed by atoms with Gasteiger partial charge in [0.05, 0.1) is 12.9 Å². The number of nitrogens with zero attached hydrogens (tertiary/aromatic N) is 1. The molecule has 1 unspecified atom stereocenters. The van der Waals surface area contributed by atoms with Crippen LogP contribution in [0.1, 0.15) is 50.5 Å². The van der Waals surface area contributed by atoms with Gasteiger partial charge in [0.2, 0.25) is 0 Å². The molecule has 2 aliphatic heterocycles. The number of carbonyl (C=O) groups is 1. The van der Waals surface area contributed by atoms with E-state index in [2.05, 4.69) is 22.9 Å². The maximum absolute atomic E-state index is 12.0. The molecule has 1 saturated heterocycles. The number of ether oxygens (including phenoxy) is 1. The summed E-state index contributed by atoms with van der Waals surface area (Å²) in [5.41, 5.74) is 4.05. The summed E-state index contributed by atoms with van der Waals surface area (Å²) in [6, 6.07) is 6.46. The van der Waals surface area contributed by atoms with Crippen LogP contribution in [0.4, 0.5) is 10.5 Å². The zero-order valence-electron chi connectivity index (χ0n) is 17.4. The van der Waals surface area contributed by atoms with Crippen molar-refractivity contribution in [2.45, 2.75) is 51.0 Å². The molecule has 162 valence electrons. The number of unbranched alkanes of at least 4 members (excludes halogenated alkanes) is 1. The molecule has 1 N–H and O–H groups in total. The molecule has 0 aliphatic carbocycles. The zero-order chi connectivity index (χ0) is 20.1. The van der Waals surface area contributed by atoms with Crippen LogP contribution in [-0.2, 0) is 4.74 Å². The highest BCUT2D eigenvalue weighted by Crippen LogP contribution is 2.35. The molecule has 1 atom stereocenters. The molecule has 30 heavy (non-hydrogen) atoms. The highest BCUT2D eigenvalue weighted by Gasteiger charge is 2.25. The van der Waals surface area contributed by atoms with Crippen LogP contribution in [0.3, 0.4) is 0 Å². The Balaban J connectivity index is 0.00000256. The van der Waals surface area contributed by atoms with E-state index in [4.69, 9.17) is 9.15 Å². The topological polar surface area (TPSA) is 54.7 Å². The number of nitrogens with one attached hydrogen (secondary N) is 1. The van der Waals surface area contributed by atoms with Gasteiger partial charge < -0.3 is 9.15 Å². The van der Waals surface area contributed by atoms with E-state index < -0.39 is 6.09 Å². The Morgan fingerprint density at radius 1 is 1.33 bits per heavy atom. The first-order valence-electron chi connectivity index (χ1n) is 10.7. The van der Waals surface area contributed by atoms with E-state index in [1.54, 1.807) is 0 Å². The minimum atomic E-state index is -0.427. The largest absolute Gasteiger partial charge is 0.464 e. The molecule has 4 rings (SSSR count). The minimum Gasteiger partial charge on any atom is -0.464 e. The van der Waals surface area contributed by atoms with Crippen molar-refractivity contribution < 1.29 is 13.9 Å². The monoisotopic (exact) mass is 430 g/mol. The fourth-order valence-electron chi connectivity index (χ4n) is 4.43. The Morgan fingerprint density at radius 3 is 3.10 bits per heavy atom. The third-order valence-electron chi connectivity index (χ3n) is 6.02. The number of furan rings is 1. The summed E-state index contributed by atoms with van der Waals surface area (Å²) in [7, 11) is 0. The predicted octanol–water partition coefficient (Wildman–Crippen LogP) is 6.40. The summed E-state index contributed by atoms with van der Waals surface area (Å²) in [6.45, 7) is 6.29. The van der Waals surface area contributed by atoms with Gasteiger partial charge >= 0.3 is 6.09 Å². The van der Waals surface area contributed by atoms with Crippen LogP contribution < -0.4 is 5.32 Å². The van der Waals surface area contributed by atoms with Gasteiger partial charge in [-0.1, -0.05) is 18.6 Å². The Labute approximate surface area is 184 Å². The standard InChI is InChI=1S/C24H30N2O3.ClH/c1-2-3-6-15-28-24(27)25-19-9-11-23-21(16-19)22(17-29-23)18-8-10-20-7-4-5-13-26(20)14-12-18;/h2,9,11-12,16-17,20H,1,3-8,10,13-15H2,(H,25,27);1H. The summed E-state index contributed by atoms with van der Waals surface area (Å²) < 4.78 is 11.0. The molecule has 2 aromatic rings. The Hall–Kier alpha value is -2.24. The van der Waals surface area contributed by atoms with Crippen molar-refractivity contribution in [1.82, 2.24) is 4.90 Å². The molecule has 0 bridgehead atoms. The van der Waals surface area contributed by atoms with Gasteiger partial charge in [-0.15, -0.1) is 19.0 Å². The number of benzene rings is 1. The van der Waals surface area contributed by atoms with E-state index in [0.717, 1.165) is 48.0 Å². The molecule has 3 heterocycles. The van der Waals surface area contributed by atoms with Crippen molar-refractivity contribution in [3.8, 4) is 0 Å². The number of allylic oxidation sites excluding steroid dienone is 2. The predicted molar refractivity (Wildman–Crippen MR) is 124 cm³/mol. The summed E-state index contributed by atoms with van der Waals surface area (Å²) in [6.07, 6.45) is 13.5. The fourth-order valence-corrected chi connectivity index (χ4v) is 4.43. The molecular formula is C24H31ClN2O3. The van der Waals surface area contributed by atoms with E-state index in [1.807, 2.05) is 30.5 Å². The second-order valence-corrected chi connectivity index (χ2v) is 7.96. The molecule has 1 aromatic carbocycles. The number of anilines is 1. The number of hydrogen-bond donors (Lipinski definition) is 1. The second-order valence-electron chi connectivity index (χ2n) is 7.96. The van der Waals surface area contributed by atoms with Gasteiger partial charge in [0, 0.05) is 29.2 Å². The van der Waals surface area contributed by atoms with E-state index >= 15 is 0 Å². The molecule has 0 saturated carbocycles. The average Bonchev–Trinajstić information content (AvgIpc) is 3.03. The van der Waals surface area contributed by atoms with Crippen molar-refractivity contribution in [1.29, 1.82) is 0 Å². The van der Waals surface area contributed by atoms with Crippen LogP contribution in [0.15, 0.2) is 47.6 Å². The lowest BCUT2D eigenvalue weighted by atomic mass is 9.95. The van der Waals surface area contributed by atoms with Crippen LogP contribution in [0.25, 0.3) is 16.5 Å². The lowest BCUT2D eigenvalue weighted by Gasteiger charge is -2.33. The van der Waals surface area contributed by atoms with Gasteiger partial charge in [0.15, 0.2) is 0 Å². The zero-order valence-corrected chi connectivity index (χ0v) is 18.2. The molecule has 1 fully saturated rings. The first kappa shape index (κ1) is 22.4. The number of halogens is 1. The third-order valence-corrected chi connectivity index (χ3v) is 6.02. The first-order valence-corrected chi connectivity index (χ1v) is 10.7. The molecule has 6 heteroatoms. The lowest BCUT2D eigenvalue weighted by Crippen LogP contribution is -2.38. The molecule has 1 aromatic heterocycles. The second kappa shape index (κ2) is 10.7. The van der Waals surface area contributed by atoms with Gasteiger partial charge in [-0.3, -0.25) is 10.2 Å². The molecule has 0 radical (unpaired) electrons. The van der Waals surface area contributed by atoms with Crippen LogP contribution in [0.5, 0.6) is 0 Å². The number of carbonyl (C=O) groups excluding carboxylic acids is 1. The quantitative estimate of drug-likeness (QED) is 0.425. The number of piperidine rings is 1. The normalized spacial score (nSPS) is 19.2. The Bertz CT molecular complexity index is 905. The molecule has 2 aliphatic rings. The molecular weight excluding hydrogens is 400 g/mol. The number of fused-ring (bicyclic) bond motifs is 2. The van der Waals surface area contributed by atoms with Crippen molar-refractivity contribution in [3.05, 3.63) is 48.8 Å². The lowest BCUT2D eigenvalue weighted by molar-refractivity contribution is 0.160. The van der Waals surface area contributed by atoms with Crippen molar-refractivity contribution in [2.24, 2.45) is 0 Å². The number of rotatable bonds is 6. The van der Waals surface area contributed by atoms with E-state index in [0.29, 0.717) is 12.6 Å². The smallest absolute Gasteiger partial charge is 0.411 e. The van der Waals surface area contributed by atoms with Gasteiger partial charge in [0.1, 0.15) is 5.58 Å². The summed E-state index contributed by atoms with van der Waals surface area (Å²) in [5, 5.41) is 3.87. The summed E-state index contributed by atoms with van der Waals surface area (Å²) in [5.74, 6) is 0. The Kier molecular flexibility index (Phi) is 8.00. The number of amides is 1. The van der Waals surface area contributed by atoms with Gasteiger partial charge in [-0.05, 0) is 68.8 Å². The highest BCUT2D eigenvalue weighted by atomic mass is 35.5. The average molecular weight is 431 g/mol. The Morgan fingerprint density at radius 2 is 2.23 bits per heavy atom. The minimum absolute atomic E-state index is 0. The SMILES string of the molecule is C=CCCCOC(=O)Nc1ccc2occ(C3=CCN4CCCCC4CC3)c2c1.Cl. The van der Waals surface area contributed by atoms with Crippen molar-refractivity contribution >= 4 is 40.7 Å². The van der Waals surface area contributed by atoms with E-state index in [9.17, 15) is 4.79 Å². The van der Waals surface area contributed by atoms with Crippen LogP contribution in [0, 0.1) is 0 Å². The van der Waals surface area contributed by atoms with Crippen LogP contribution in [0.2, 0.25) is 0 Å². The van der Waals surface area contributed by atoms with Crippen LogP contribution in [-0.4, -0.2) is 36.7 Å². The number of hydrogen-bond acceptors (Lipinski definition) is 4.